The van der Waals surface area contributed by atoms with Crippen molar-refractivity contribution in [3.63, 3.8) is 0 Å². The molecule has 1 aromatic carbocycles. The van der Waals surface area contributed by atoms with Crippen molar-refractivity contribution in [3.8, 4) is 11.3 Å². The van der Waals surface area contributed by atoms with E-state index in [0.717, 1.165) is 26.8 Å². The maximum absolute atomic E-state index is 13.2. The van der Waals surface area contributed by atoms with Crippen LogP contribution in [0.3, 0.4) is 0 Å². The highest BCUT2D eigenvalue weighted by molar-refractivity contribution is 9.10. The van der Waals surface area contributed by atoms with Crippen molar-refractivity contribution in [3.05, 3.63) is 56.5 Å². The second kappa shape index (κ2) is 8.44. The Morgan fingerprint density at radius 2 is 2.07 bits per heavy atom. The number of benzene rings is 1. The highest BCUT2D eigenvalue weighted by Gasteiger charge is 2.33. The standard InChI is InChI=1S/C18H17BrClF3N4S/c1-27-16(14(19)9-25-27)12-7-15(28-17(12)20)26-11(8-24)6-10-4-2-3-5-13(10)18(21,22)23/h2-5,7,9,11,26H,6,8,24H2,1H3/t11-/m0/s1. The summed E-state index contributed by atoms with van der Waals surface area (Å²) < 4.78 is 42.8. The van der Waals surface area contributed by atoms with Gasteiger partial charge in [-0.05, 0) is 40.0 Å². The lowest BCUT2D eigenvalue weighted by molar-refractivity contribution is -0.138. The van der Waals surface area contributed by atoms with Crippen LogP contribution in [0.4, 0.5) is 18.2 Å². The molecule has 2 aromatic heterocycles. The van der Waals surface area contributed by atoms with E-state index in [2.05, 4.69) is 26.3 Å². The number of aromatic nitrogens is 2. The summed E-state index contributed by atoms with van der Waals surface area (Å²) in [5, 5.41) is 8.12. The lowest BCUT2D eigenvalue weighted by Crippen LogP contribution is -2.31. The summed E-state index contributed by atoms with van der Waals surface area (Å²) in [7, 11) is 1.80. The Bertz CT molecular complexity index is 951. The highest BCUT2D eigenvalue weighted by Crippen LogP contribution is 2.41. The molecule has 0 saturated heterocycles. The van der Waals surface area contributed by atoms with Crippen LogP contribution in [-0.2, 0) is 19.6 Å². The maximum Gasteiger partial charge on any atom is 0.416 e. The van der Waals surface area contributed by atoms with Crippen molar-refractivity contribution in [2.45, 2.75) is 18.6 Å². The molecule has 10 heteroatoms. The van der Waals surface area contributed by atoms with E-state index in [0.29, 0.717) is 4.34 Å². The van der Waals surface area contributed by atoms with Gasteiger partial charge in [-0.2, -0.15) is 18.3 Å². The Morgan fingerprint density at radius 1 is 1.36 bits per heavy atom. The molecule has 0 bridgehead atoms. The fraction of sp³-hybridized carbons (Fsp3) is 0.278. The topological polar surface area (TPSA) is 55.9 Å². The lowest BCUT2D eigenvalue weighted by atomic mass is 10.00. The Labute approximate surface area is 177 Å². The number of hydrogen-bond donors (Lipinski definition) is 2. The molecule has 2 heterocycles. The number of nitrogens with one attached hydrogen (secondary N) is 1. The zero-order valence-electron chi connectivity index (χ0n) is 14.7. The molecule has 0 amide bonds. The van der Waals surface area contributed by atoms with Crippen LogP contribution in [-0.4, -0.2) is 22.4 Å². The summed E-state index contributed by atoms with van der Waals surface area (Å²) in [6.07, 6.45) is -2.58. The van der Waals surface area contributed by atoms with Crippen molar-refractivity contribution >= 4 is 43.9 Å². The quantitative estimate of drug-likeness (QED) is 0.472. The summed E-state index contributed by atoms with van der Waals surface area (Å²) in [4.78, 5) is 0. The van der Waals surface area contributed by atoms with Crippen LogP contribution < -0.4 is 11.1 Å². The third-order valence-corrected chi connectivity index (χ3v) is 6.13. The average molecular weight is 494 g/mol. The Hall–Kier alpha value is -1.55. The summed E-state index contributed by atoms with van der Waals surface area (Å²) >= 11 is 11.1. The monoisotopic (exact) mass is 492 g/mol. The van der Waals surface area contributed by atoms with E-state index < -0.39 is 11.7 Å². The average Bonchev–Trinajstić information content (AvgIpc) is 3.15. The second-order valence-electron chi connectivity index (χ2n) is 6.20. The maximum atomic E-state index is 13.2. The van der Waals surface area contributed by atoms with Crippen LogP contribution in [0.1, 0.15) is 11.1 Å². The molecule has 1 atom stereocenters. The van der Waals surface area contributed by atoms with Gasteiger partial charge in [-0.1, -0.05) is 29.8 Å². The zero-order valence-corrected chi connectivity index (χ0v) is 17.9. The third kappa shape index (κ3) is 4.53. The number of anilines is 1. The van der Waals surface area contributed by atoms with E-state index >= 15 is 0 Å². The number of nitrogens with two attached hydrogens (primary N) is 1. The van der Waals surface area contributed by atoms with Gasteiger partial charge in [0.15, 0.2) is 0 Å². The summed E-state index contributed by atoms with van der Waals surface area (Å²) in [6, 6.07) is 7.02. The van der Waals surface area contributed by atoms with Gasteiger partial charge in [0, 0.05) is 25.2 Å². The largest absolute Gasteiger partial charge is 0.416 e. The molecule has 0 spiro atoms. The molecule has 0 saturated carbocycles. The van der Waals surface area contributed by atoms with E-state index in [9.17, 15) is 13.2 Å². The summed E-state index contributed by atoms with van der Waals surface area (Å²) in [6.45, 7) is 0.173. The molecule has 3 rings (SSSR count). The number of thiophene rings is 1. The first kappa shape index (κ1) is 21.2. The van der Waals surface area contributed by atoms with E-state index in [-0.39, 0.29) is 24.6 Å². The molecule has 0 aliphatic carbocycles. The summed E-state index contributed by atoms with van der Waals surface area (Å²) in [5.41, 5.74) is 6.99. The van der Waals surface area contributed by atoms with Crippen LogP contribution in [0.25, 0.3) is 11.3 Å². The van der Waals surface area contributed by atoms with Crippen LogP contribution in [0.5, 0.6) is 0 Å². The van der Waals surface area contributed by atoms with E-state index in [1.54, 1.807) is 24.0 Å². The van der Waals surface area contributed by atoms with Gasteiger partial charge in [-0.3, -0.25) is 4.68 Å². The second-order valence-corrected chi connectivity index (χ2v) is 8.71. The fourth-order valence-electron chi connectivity index (χ4n) is 2.95. The molecule has 150 valence electrons. The smallest absolute Gasteiger partial charge is 0.373 e. The van der Waals surface area contributed by atoms with Crippen LogP contribution >= 0.6 is 38.9 Å². The van der Waals surface area contributed by atoms with Gasteiger partial charge < -0.3 is 11.1 Å². The van der Waals surface area contributed by atoms with Gasteiger partial charge in [0.1, 0.15) is 4.34 Å². The van der Waals surface area contributed by atoms with Crippen LogP contribution in [0.2, 0.25) is 4.34 Å². The minimum absolute atomic E-state index is 0.145. The van der Waals surface area contributed by atoms with Gasteiger partial charge in [-0.15, -0.1) is 11.3 Å². The normalized spacial score (nSPS) is 13.0. The first-order valence-corrected chi connectivity index (χ1v) is 10.3. The minimum Gasteiger partial charge on any atom is -0.373 e. The van der Waals surface area contributed by atoms with Crippen molar-refractivity contribution < 1.29 is 13.2 Å². The minimum atomic E-state index is -4.40. The Morgan fingerprint density at radius 3 is 2.68 bits per heavy atom. The predicted octanol–water partition coefficient (Wildman–Crippen LogP) is 5.57. The Kier molecular flexibility index (Phi) is 6.38. The van der Waals surface area contributed by atoms with Gasteiger partial charge in [0.25, 0.3) is 0 Å². The van der Waals surface area contributed by atoms with E-state index in [4.69, 9.17) is 17.3 Å². The molecule has 4 nitrogen and oxygen atoms in total. The van der Waals surface area contributed by atoms with Gasteiger partial charge >= 0.3 is 6.18 Å². The number of alkyl halides is 3. The molecule has 3 aromatic rings. The Balaban J connectivity index is 1.83. The van der Waals surface area contributed by atoms with E-state index in [1.165, 1.54) is 23.5 Å². The molecule has 28 heavy (non-hydrogen) atoms. The van der Waals surface area contributed by atoms with Crippen LogP contribution in [0.15, 0.2) is 41.0 Å². The molecular weight excluding hydrogens is 477 g/mol. The van der Waals surface area contributed by atoms with Crippen molar-refractivity contribution in [1.82, 2.24) is 9.78 Å². The molecule has 0 unspecified atom stereocenters. The van der Waals surface area contributed by atoms with Gasteiger partial charge in [0.05, 0.1) is 26.9 Å². The SMILES string of the molecule is Cn1ncc(Br)c1-c1cc(N[C@H](CN)Cc2ccccc2C(F)(F)F)sc1Cl. The number of aryl methyl sites for hydroxylation is 1. The fourth-order valence-corrected chi connectivity index (χ4v) is 4.77. The van der Waals surface area contributed by atoms with Crippen molar-refractivity contribution in [2.75, 3.05) is 11.9 Å². The predicted molar refractivity (Wildman–Crippen MR) is 111 cm³/mol. The number of nitrogens with zero attached hydrogens (tertiary/aromatic N) is 2. The highest BCUT2D eigenvalue weighted by atomic mass is 79.9. The van der Waals surface area contributed by atoms with Crippen LogP contribution in [0, 0.1) is 0 Å². The van der Waals surface area contributed by atoms with Crippen molar-refractivity contribution in [2.24, 2.45) is 12.8 Å². The van der Waals surface area contributed by atoms with Gasteiger partial charge in [-0.25, -0.2) is 0 Å². The summed E-state index contributed by atoms with van der Waals surface area (Å²) in [5.74, 6) is 0. The third-order valence-electron chi connectivity index (χ3n) is 4.26. The molecule has 0 fully saturated rings. The number of rotatable bonds is 6. The first-order chi connectivity index (χ1) is 13.2. The number of hydrogen-bond acceptors (Lipinski definition) is 4. The first-order valence-electron chi connectivity index (χ1n) is 8.29. The molecule has 0 aliphatic heterocycles. The molecular formula is C18H17BrClF3N4S. The molecule has 0 radical (unpaired) electrons. The van der Waals surface area contributed by atoms with Crippen molar-refractivity contribution in [1.29, 1.82) is 0 Å². The van der Waals surface area contributed by atoms with Gasteiger partial charge in [0.2, 0.25) is 0 Å². The zero-order chi connectivity index (χ0) is 20.5. The molecule has 3 N–H and O–H groups in total. The lowest BCUT2D eigenvalue weighted by Gasteiger charge is -2.19. The molecule has 0 aliphatic rings. The number of halogens is 5. The van der Waals surface area contributed by atoms with E-state index in [1.807, 2.05) is 6.07 Å².